The van der Waals surface area contributed by atoms with Crippen molar-refractivity contribution >= 4 is 18.5 Å². The number of likely N-dealkylation sites (tertiary alicyclic amines) is 1. The first kappa shape index (κ1) is 21.1. The Bertz CT molecular complexity index is 751. The van der Waals surface area contributed by atoms with Crippen molar-refractivity contribution in [1.29, 1.82) is 0 Å². The van der Waals surface area contributed by atoms with Crippen LogP contribution in [0.3, 0.4) is 0 Å². The number of alkyl halides is 3. The monoisotopic (exact) mass is 398 g/mol. The second-order valence-corrected chi connectivity index (χ2v) is 8.62. The number of rotatable bonds is 2. The summed E-state index contributed by atoms with van der Waals surface area (Å²) in [5.41, 5.74) is 0.255. The normalized spacial score (nSPS) is 24.5. The van der Waals surface area contributed by atoms with E-state index in [-0.39, 0.29) is 18.5 Å². The van der Waals surface area contributed by atoms with E-state index in [1.807, 2.05) is 27.7 Å². The molecule has 2 saturated heterocycles. The fourth-order valence-corrected chi connectivity index (χ4v) is 3.47. The zero-order valence-corrected chi connectivity index (χ0v) is 16.9. The maximum absolute atomic E-state index is 13.1. The Morgan fingerprint density at radius 2 is 1.86 bits per heavy atom. The highest BCUT2D eigenvalue weighted by Gasteiger charge is 2.52. The van der Waals surface area contributed by atoms with Crippen molar-refractivity contribution < 1.29 is 27.3 Å². The Labute approximate surface area is 163 Å². The molecular weight excluding hydrogens is 372 g/mol. The predicted octanol–water partition coefficient (Wildman–Crippen LogP) is 3.10. The molecule has 2 aliphatic rings. The predicted molar refractivity (Wildman–Crippen MR) is 99.4 cm³/mol. The van der Waals surface area contributed by atoms with Gasteiger partial charge in [-0.1, -0.05) is 0 Å². The molecule has 1 unspecified atom stereocenters. The van der Waals surface area contributed by atoms with Crippen LogP contribution < -0.4 is 5.46 Å². The average Bonchev–Trinajstić information content (AvgIpc) is 2.82. The van der Waals surface area contributed by atoms with Crippen LogP contribution in [0.1, 0.15) is 56.6 Å². The van der Waals surface area contributed by atoms with E-state index in [1.54, 1.807) is 19.2 Å². The van der Waals surface area contributed by atoms with Gasteiger partial charge in [0.05, 0.1) is 22.7 Å². The summed E-state index contributed by atoms with van der Waals surface area (Å²) in [6.07, 6.45) is -2.32. The highest BCUT2D eigenvalue weighted by atomic mass is 19.4. The van der Waals surface area contributed by atoms with Gasteiger partial charge >= 0.3 is 13.3 Å². The van der Waals surface area contributed by atoms with Crippen LogP contribution in [-0.4, -0.2) is 53.4 Å². The summed E-state index contributed by atoms with van der Waals surface area (Å²) in [4.78, 5) is 18.5. The number of aromatic nitrogens is 1. The molecule has 3 heterocycles. The highest BCUT2D eigenvalue weighted by Crippen LogP contribution is 2.37. The number of halogens is 3. The molecule has 1 aromatic heterocycles. The van der Waals surface area contributed by atoms with Crippen LogP contribution in [0.15, 0.2) is 12.3 Å². The van der Waals surface area contributed by atoms with Crippen molar-refractivity contribution in [3.05, 3.63) is 23.5 Å². The zero-order chi connectivity index (χ0) is 20.9. The van der Waals surface area contributed by atoms with E-state index in [9.17, 15) is 18.0 Å². The van der Waals surface area contributed by atoms with Crippen LogP contribution in [0.5, 0.6) is 0 Å². The maximum atomic E-state index is 13.1. The van der Waals surface area contributed by atoms with Gasteiger partial charge < -0.3 is 14.2 Å². The van der Waals surface area contributed by atoms with Gasteiger partial charge in [-0.05, 0) is 53.5 Å². The van der Waals surface area contributed by atoms with Crippen LogP contribution >= 0.6 is 0 Å². The number of piperidine rings is 1. The first-order chi connectivity index (χ1) is 12.8. The van der Waals surface area contributed by atoms with Crippen LogP contribution in [-0.2, 0) is 9.31 Å². The first-order valence-corrected chi connectivity index (χ1v) is 9.50. The summed E-state index contributed by atoms with van der Waals surface area (Å²) >= 11 is 0. The Hall–Kier alpha value is -1.61. The quantitative estimate of drug-likeness (QED) is 0.719. The third kappa shape index (κ3) is 3.92. The third-order valence-electron chi connectivity index (χ3n) is 6.04. The van der Waals surface area contributed by atoms with E-state index in [4.69, 9.17) is 9.31 Å². The Kier molecular flexibility index (Phi) is 5.29. The van der Waals surface area contributed by atoms with E-state index < -0.39 is 36.3 Å². The lowest BCUT2D eigenvalue weighted by Gasteiger charge is -2.34. The molecule has 2 fully saturated rings. The fraction of sp³-hybridized carbons (Fsp3) is 0.684. The van der Waals surface area contributed by atoms with Gasteiger partial charge in [-0.25, -0.2) is 0 Å². The van der Waals surface area contributed by atoms with E-state index in [1.165, 1.54) is 4.90 Å². The summed E-state index contributed by atoms with van der Waals surface area (Å²) in [5, 5.41) is 0. The van der Waals surface area contributed by atoms with Crippen LogP contribution in [0.2, 0.25) is 0 Å². The molecule has 0 radical (unpaired) electrons. The second-order valence-electron chi connectivity index (χ2n) is 8.62. The minimum absolute atomic E-state index is 0.0540. The molecule has 0 spiro atoms. The minimum Gasteiger partial charge on any atom is -0.399 e. The Balaban J connectivity index is 1.83. The van der Waals surface area contributed by atoms with Gasteiger partial charge in [-0.15, -0.1) is 0 Å². The summed E-state index contributed by atoms with van der Waals surface area (Å²) in [7, 11) is -0.686. The van der Waals surface area contributed by atoms with Gasteiger partial charge in [0.1, 0.15) is 0 Å². The lowest BCUT2D eigenvalue weighted by atomic mass is 9.79. The van der Waals surface area contributed by atoms with E-state index >= 15 is 0 Å². The van der Waals surface area contributed by atoms with Gasteiger partial charge in [0.15, 0.2) is 0 Å². The largest absolute Gasteiger partial charge is 0.496 e. The molecule has 9 heteroatoms. The molecule has 0 saturated carbocycles. The average molecular weight is 398 g/mol. The van der Waals surface area contributed by atoms with Gasteiger partial charge in [0.2, 0.25) is 0 Å². The van der Waals surface area contributed by atoms with E-state index in [0.717, 1.165) is 0 Å². The summed E-state index contributed by atoms with van der Waals surface area (Å²) in [6, 6.07) is 1.63. The van der Waals surface area contributed by atoms with E-state index in [0.29, 0.717) is 24.1 Å². The van der Waals surface area contributed by atoms with Gasteiger partial charge in [0.25, 0.3) is 5.91 Å². The molecule has 0 aromatic carbocycles. The van der Waals surface area contributed by atoms with Crippen molar-refractivity contribution in [2.24, 2.45) is 5.92 Å². The van der Waals surface area contributed by atoms with Crippen molar-refractivity contribution in [2.75, 3.05) is 13.1 Å². The van der Waals surface area contributed by atoms with Crippen molar-refractivity contribution in [3.63, 3.8) is 0 Å². The molecule has 0 bridgehead atoms. The smallest absolute Gasteiger partial charge is 0.399 e. The summed E-state index contributed by atoms with van der Waals surface area (Å²) in [6.45, 7) is 9.36. The fourth-order valence-electron chi connectivity index (χ4n) is 3.47. The number of hydrogen-bond acceptors (Lipinski definition) is 4. The first-order valence-electron chi connectivity index (χ1n) is 9.50. The topological polar surface area (TPSA) is 51.7 Å². The van der Waals surface area contributed by atoms with Crippen molar-refractivity contribution in [3.8, 4) is 0 Å². The number of carbonyl (C=O) groups excluding carboxylic acids is 1. The molecular formula is C19H26BF3N2O3. The third-order valence-corrected chi connectivity index (χ3v) is 6.04. The van der Waals surface area contributed by atoms with Crippen LogP contribution in [0.25, 0.3) is 0 Å². The molecule has 1 amide bonds. The summed E-state index contributed by atoms with van der Waals surface area (Å²) < 4.78 is 51.3. The van der Waals surface area contributed by atoms with Crippen LogP contribution in [0.4, 0.5) is 13.2 Å². The molecule has 1 aromatic rings. The van der Waals surface area contributed by atoms with Gasteiger partial charge in [-0.3, -0.25) is 9.78 Å². The zero-order valence-electron chi connectivity index (χ0n) is 16.9. The number of amides is 1. The Morgan fingerprint density at radius 1 is 1.25 bits per heavy atom. The Morgan fingerprint density at radius 3 is 2.43 bits per heavy atom. The molecule has 0 aliphatic carbocycles. The molecule has 3 rings (SSSR count). The molecule has 28 heavy (non-hydrogen) atoms. The van der Waals surface area contributed by atoms with Crippen molar-refractivity contribution in [1.82, 2.24) is 9.88 Å². The molecule has 2 aliphatic heterocycles. The second kappa shape index (κ2) is 7.02. The molecule has 0 N–H and O–H groups in total. The number of aryl methyl sites for hydroxylation is 1. The SMILES string of the molecule is Cc1ncc(B2OC(C)(C)C(C)(C)O2)cc1C(=O)N1CCCC(C(F)(F)F)C1. The summed E-state index contributed by atoms with van der Waals surface area (Å²) in [5.74, 6) is -1.91. The van der Waals surface area contributed by atoms with Crippen molar-refractivity contribution in [2.45, 2.75) is 64.8 Å². The number of hydrogen-bond donors (Lipinski definition) is 0. The lowest BCUT2D eigenvalue weighted by molar-refractivity contribution is -0.184. The molecule has 154 valence electrons. The minimum atomic E-state index is -4.29. The molecule has 5 nitrogen and oxygen atoms in total. The number of carbonyl (C=O) groups is 1. The lowest BCUT2D eigenvalue weighted by Crippen LogP contribution is -2.45. The van der Waals surface area contributed by atoms with Crippen LogP contribution in [0, 0.1) is 12.8 Å². The van der Waals surface area contributed by atoms with Gasteiger partial charge in [-0.2, -0.15) is 13.2 Å². The number of pyridine rings is 1. The van der Waals surface area contributed by atoms with E-state index in [2.05, 4.69) is 4.98 Å². The van der Waals surface area contributed by atoms with Gasteiger partial charge in [0, 0.05) is 30.4 Å². The standard InChI is InChI=1S/C19H26BF3N2O3/c1-12-15(16(26)25-8-6-7-13(11-25)19(21,22)23)9-14(10-24-12)20-27-17(2,3)18(4,5)28-20/h9-10,13H,6-8,11H2,1-5H3. The number of nitrogens with zero attached hydrogens (tertiary/aromatic N) is 2. The molecule has 1 atom stereocenters. The maximum Gasteiger partial charge on any atom is 0.496 e. The highest BCUT2D eigenvalue weighted by molar-refractivity contribution is 6.62.